The average Bonchev–Trinajstić information content (AvgIpc) is 2.27. The number of nitrogens with zero attached hydrogens (tertiary/aromatic N) is 2. The van der Waals surface area contributed by atoms with Crippen molar-refractivity contribution in [3.63, 3.8) is 0 Å². The van der Waals surface area contributed by atoms with E-state index in [9.17, 15) is 9.59 Å². The number of carbonyl (C=O) groups excluding carboxylic acids is 1. The Morgan fingerprint density at radius 1 is 1.41 bits per heavy atom. The Labute approximate surface area is 99.1 Å². The number of carboxylic acids is 1. The van der Waals surface area contributed by atoms with E-state index in [1.807, 2.05) is 0 Å². The first-order chi connectivity index (χ1) is 7.76. The minimum Gasteiger partial charge on any atom is -0.480 e. The molecule has 3 N–H and O–H groups in total. The second-order valence-corrected chi connectivity index (χ2v) is 4.21. The number of rotatable bonds is 3. The lowest BCUT2D eigenvalue weighted by Gasteiger charge is -2.31. The largest absolute Gasteiger partial charge is 0.480 e. The number of hydrogen-bond donors (Lipinski definition) is 2. The summed E-state index contributed by atoms with van der Waals surface area (Å²) in [6, 6.07) is 3.01. The maximum absolute atomic E-state index is 12.0. The van der Waals surface area contributed by atoms with Crippen LogP contribution in [0.3, 0.4) is 0 Å². The molecule has 0 saturated carbocycles. The number of carbonyl (C=O) groups is 2. The zero-order valence-electron chi connectivity index (χ0n) is 9.97. The first-order valence-corrected chi connectivity index (χ1v) is 5.00. The number of anilines is 1. The normalized spacial score (nSPS) is 11.0. The van der Waals surface area contributed by atoms with E-state index in [1.54, 1.807) is 6.07 Å². The van der Waals surface area contributed by atoms with Gasteiger partial charge in [0.05, 0.1) is 11.9 Å². The van der Waals surface area contributed by atoms with Gasteiger partial charge in [-0.05, 0) is 26.0 Å². The van der Waals surface area contributed by atoms with Crippen LogP contribution in [0.25, 0.3) is 0 Å². The summed E-state index contributed by atoms with van der Waals surface area (Å²) in [6.07, 6.45) is 1.36. The predicted molar refractivity (Wildman–Crippen MR) is 62.5 cm³/mol. The molecule has 1 rings (SSSR count). The highest BCUT2D eigenvalue weighted by Gasteiger charge is 2.35. The zero-order chi connectivity index (χ0) is 13.2. The molecule has 6 nitrogen and oxygen atoms in total. The van der Waals surface area contributed by atoms with E-state index in [-0.39, 0.29) is 5.69 Å². The molecule has 1 heterocycles. The van der Waals surface area contributed by atoms with Crippen LogP contribution in [0.2, 0.25) is 0 Å². The summed E-state index contributed by atoms with van der Waals surface area (Å²) < 4.78 is 0. The van der Waals surface area contributed by atoms with Crippen molar-refractivity contribution in [1.82, 2.24) is 9.88 Å². The molecular formula is C11H15N3O3. The number of aromatic nitrogens is 1. The van der Waals surface area contributed by atoms with Gasteiger partial charge in [-0.1, -0.05) is 0 Å². The molecule has 1 aromatic rings. The maximum Gasteiger partial charge on any atom is 0.329 e. The first kappa shape index (κ1) is 13.0. The molecule has 1 aromatic heterocycles. The fourth-order valence-corrected chi connectivity index (χ4v) is 1.10. The van der Waals surface area contributed by atoms with Crippen molar-refractivity contribution < 1.29 is 14.7 Å². The number of amides is 1. The molecule has 17 heavy (non-hydrogen) atoms. The number of nitrogens with two attached hydrogens (primary N) is 1. The summed E-state index contributed by atoms with van der Waals surface area (Å²) in [7, 11) is 1.43. The summed E-state index contributed by atoms with van der Waals surface area (Å²) in [5.74, 6) is -1.54. The lowest BCUT2D eigenvalue weighted by atomic mass is 10.0. The van der Waals surface area contributed by atoms with Crippen molar-refractivity contribution in [1.29, 1.82) is 0 Å². The van der Waals surface area contributed by atoms with Crippen molar-refractivity contribution in [2.24, 2.45) is 0 Å². The molecule has 0 radical (unpaired) electrons. The number of carboxylic acid groups (broad SMARTS) is 1. The molecule has 0 atom stereocenters. The number of pyridine rings is 1. The van der Waals surface area contributed by atoms with E-state index in [0.29, 0.717) is 5.69 Å². The van der Waals surface area contributed by atoms with Gasteiger partial charge in [-0.2, -0.15) is 0 Å². The van der Waals surface area contributed by atoms with Crippen molar-refractivity contribution in [3.8, 4) is 0 Å². The number of likely N-dealkylation sites (N-methyl/N-ethyl adjacent to an activating group) is 1. The van der Waals surface area contributed by atoms with Gasteiger partial charge in [0.15, 0.2) is 0 Å². The van der Waals surface area contributed by atoms with Gasteiger partial charge in [0.2, 0.25) is 0 Å². The van der Waals surface area contributed by atoms with Crippen LogP contribution in [0.5, 0.6) is 0 Å². The lowest BCUT2D eigenvalue weighted by molar-refractivity contribution is -0.147. The lowest BCUT2D eigenvalue weighted by Crippen LogP contribution is -2.50. The summed E-state index contributed by atoms with van der Waals surface area (Å²) >= 11 is 0. The topological polar surface area (TPSA) is 96.5 Å². The van der Waals surface area contributed by atoms with Gasteiger partial charge < -0.3 is 15.7 Å². The summed E-state index contributed by atoms with van der Waals surface area (Å²) in [5.41, 5.74) is 4.77. The van der Waals surface area contributed by atoms with Crippen molar-refractivity contribution in [2.45, 2.75) is 19.4 Å². The molecular weight excluding hydrogens is 222 g/mol. The van der Waals surface area contributed by atoms with Crippen LogP contribution >= 0.6 is 0 Å². The minimum atomic E-state index is -1.29. The molecule has 0 fully saturated rings. The molecule has 1 amide bonds. The quantitative estimate of drug-likeness (QED) is 0.802. The Balaban J connectivity index is 2.98. The van der Waals surface area contributed by atoms with Gasteiger partial charge in [0, 0.05) is 7.05 Å². The number of aliphatic carboxylic acids is 1. The fourth-order valence-electron chi connectivity index (χ4n) is 1.10. The molecule has 0 saturated heterocycles. The Hall–Kier alpha value is -2.11. The minimum absolute atomic E-state index is 0.163. The van der Waals surface area contributed by atoms with E-state index in [1.165, 1.54) is 33.2 Å². The Kier molecular flexibility index (Phi) is 3.36. The standard InChI is InChI=1S/C11H15N3O3/c1-11(2,10(16)17)14(3)9(15)8-5-4-7(12)6-13-8/h4-6H,12H2,1-3H3,(H,16,17). The van der Waals surface area contributed by atoms with Crippen LogP contribution in [0.4, 0.5) is 5.69 Å². The van der Waals surface area contributed by atoms with E-state index in [2.05, 4.69) is 4.98 Å². The van der Waals surface area contributed by atoms with Crippen LogP contribution < -0.4 is 5.73 Å². The van der Waals surface area contributed by atoms with E-state index in [0.717, 1.165) is 4.90 Å². The van der Waals surface area contributed by atoms with Crippen molar-refractivity contribution >= 4 is 17.6 Å². The fraction of sp³-hybridized carbons (Fsp3) is 0.364. The first-order valence-electron chi connectivity index (χ1n) is 5.00. The molecule has 0 aliphatic heterocycles. The summed E-state index contributed by atoms with van der Waals surface area (Å²) in [5, 5.41) is 9.02. The van der Waals surface area contributed by atoms with E-state index >= 15 is 0 Å². The predicted octanol–water partition coefficient (Wildman–Crippen LogP) is 0.599. The van der Waals surface area contributed by atoms with E-state index < -0.39 is 17.4 Å². The summed E-state index contributed by atoms with van der Waals surface area (Å²) in [6.45, 7) is 2.90. The smallest absolute Gasteiger partial charge is 0.329 e. The molecule has 0 aliphatic rings. The Bertz CT molecular complexity index is 440. The molecule has 92 valence electrons. The van der Waals surface area contributed by atoms with Crippen LogP contribution in [-0.4, -0.2) is 39.5 Å². The monoisotopic (exact) mass is 237 g/mol. The SMILES string of the molecule is CN(C(=O)c1ccc(N)cn1)C(C)(C)C(=O)O. The highest BCUT2D eigenvalue weighted by Crippen LogP contribution is 2.15. The molecule has 0 aromatic carbocycles. The van der Waals surface area contributed by atoms with Crippen molar-refractivity contribution in [2.75, 3.05) is 12.8 Å². The van der Waals surface area contributed by atoms with Crippen LogP contribution in [0.15, 0.2) is 18.3 Å². The Morgan fingerprint density at radius 3 is 2.41 bits per heavy atom. The third-order valence-corrected chi connectivity index (χ3v) is 2.67. The molecule has 0 spiro atoms. The highest BCUT2D eigenvalue weighted by atomic mass is 16.4. The van der Waals surface area contributed by atoms with Gasteiger partial charge >= 0.3 is 5.97 Å². The highest BCUT2D eigenvalue weighted by molar-refractivity contribution is 5.96. The third-order valence-electron chi connectivity index (χ3n) is 2.67. The van der Waals surface area contributed by atoms with Crippen LogP contribution in [-0.2, 0) is 4.79 Å². The van der Waals surface area contributed by atoms with Crippen LogP contribution in [0, 0.1) is 0 Å². The van der Waals surface area contributed by atoms with E-state index in [4.69, 9.17) is 10.8 Å². The van der Waals surface area contributed by atoms with Gasteiger partial charge in [0.25, 0.3) is 5.91 Å². The second-order valence-electron chi connectivity index (χ2n) is 4.21. The van der Waals surface area contributed by atoms with Gasteiger partial charge in [0.1, 0.15) is 11.2 Å². The van der Waals surface area contributed by atoms with Crippen molar-refractivity contribution in [3.05, 3.63) is 24.0 Å². The number of hydrogen-bond acceptors (Lipinski definition) is 4. The third kappa shape index (κ3) is 2.52. The van der Waals surface area contributed by atoms with Gasteiger partial charge in [-0.25, -0.2) is 9.78 Å². The van der Waals surface area contributed by atoms with Crippen LogP contribution in [0.1, 0.15) is 24.3 Å². The summed E-state index contributed by atoms with van der Waals surface area (Å²) in [4.78, 5) is 28.0. The zero-order valence-corrected chi connectivity index (χ0v) is 9.97. The molecule has 0 unspecified atom stereocenters. The average molecular weight is 237 g/mol. The molecule has 6 heteroatoms. The number of nitrogen functional groups attached to an aromatic ring is 1. The van der Waals surface area contributed by atoms with Gasteiger partial charge in [-0.15, -0.1) is 0 Å². The molecule has 0 bridgehead atoms. The second kappa shape index (κ2) is 4.40. The molecule has 0 aliphatic carbocycles. The van der Waals surface area contributed by atoms with Gasteiger partial charge in [-0.3, -0.25) is 4.79 Å². The Morgan fingerprint density at radius 2 is 2.00 bits per heavy atom. The maximum atomic E-state index is 12.0.